The van der Waals surface area contributed by atoms with E-state index in [4.69, 9.17) is 0 Å². The molecule has 82 valence electrons. The molecule has 0 spiro atoms. The highest BCUT2D eigenvalue weighted by atomic mass is 79.9. The zero-order valence-corrected chi connectivity index (χ0v) is 10.8. The molecule has 3 heteroatoms. The van der Waals surface area contributed by atoms with Gasteiger partial charge in [0.15, 0.2) is 0 Å². The smallest absolute Gasteiger partial charge is 0.123 e. The Balaban J connectivity index is 3.28. The van der Waals surface area contributed by atoms with Gasteiger partial charge in [0.25, 0.3) is 0 Å². The predicted octanol–water partition coefficient (Wildman–Crippen LogP) is 3.46. The SMILES string of the molecule is Cc1cc(Br)c(C)c(O)c1C(C)CC=O. The topological polar surface area (TPSA) is 37.3 Å². The van der Waals surface area contributed by atoms with Gasteiger partial charge in [0.1, 0.15) is 12.0 Å². The summed E-state index contributed by atoms with van der Waals surface area (Å²) in [5, 5.41) is 10.0. The maximum Gasteiger partial charge on any atom is 0.123 e. The highest BCUT2D eigenvalue weighted by Gasteiger charge is 2.16. The second-order valence-electron chi connectivity index (χ2n) is 3.87. The summed E-state index contributed by atoms with van der Waals surface area (Å²) in [6, 6.07) is 1.98. The van der Waals surface area contributed by atoms with Crippen LogP contribution in [0, 0.1) is 13.8 Å². The first-order valence-electron chi connectivity index (χ1n) is 4.91. The second kappa shape index (κ2) is 4.79. The maximum absolute atomic E-state index is 10.5. The molecular formula is C12H15BrO2. The van der Waals surface area contributed by atoms with Crippen molar-refractivity contribution in [3.63, 3.8) is 0 Å². The van der Waals surface area contributed by atoms with Gasteiger partial charge in [-0.1, -0.05) is 22.9 Å². The zero-order chi connectivity index (χ0) is 11.6. The van der Waals surface area contributed by atoms with E-state index in [9.17, 15) is 9.90 Å². The van der Waals surface area contributed by atoms with Crippen LogP contribution in [0.1, 0.15) is 36.0 Å². The Kier molecular flexibility index (Phi) is 3.91. The standard InChI is InChI=1S/C12H15BrO2/c1-7(4-5-14)11-8(2)6-10(13)9(3)12(11)15/h5-7,15H,4H2,1-3H3. The van der Waals surface area contributed by atoms with E-state index in [0.717, 1.165) is 27.4 Å². The molecule has 1 unspecified atom stereocenters. The largest absolute Gasteiger partial charge is 0.507 e. The minimum atomic E-state index is 0.0642. The number of rotatable bonds is 3. The van der Waals surface area contributed by atoms with E-state index in [2.05, 4.69) is 15.9 Å². The molecule has 0 aliphatic heterocycles. The molecule has 0 aliphatic rings. The number of aldehydes is 1. The van der Waals surface area contributed by atoms with Crippen molar-refractivity contribution < 1.29 is 9.90 Å². The van der Waals surface area contributed by atoms with Crippen molar-refractivity contribution in [2.24, 2.45) is 0 Å². The van der Waals surface area contributed by atoms with Gasteiger partial charge < -0.3 is 9.90 Å². The number of phenolic OH excluding ortho intramolecular Hbond substituents is 1. The zero-order valence-electron chi connectivity index (χ0n) is 9.17. The molecule has 0 amide bonds. The predicted molar refractivity (Wildman–Crippen MR) is 64.4 cm³/mol. The Morgan fingerprint density at radius 1 is 1.53 bits per heavy atom. The van der Waals surface area contributed by atoms with Gasteiger partial charge in [-0.25, -0.2) is 0 Å². The lowest BCUT2D eigenvalue weighted by Crippen LogP contribution is -2.00. The fraction of sp³-hybridized carbons (Fsp3) is 0.417. The first-order valence-corrected chi connectivity index (χ1v) is 5.70. The molecule has 2 nitrogen and oxygen atoms in total. The van der Waals surface area contributed by atoms with E-state index in [-0.39, 0.29) is 5.92 Å². The lowest BCUT2D eigenvalue weighted by atomic mass is 9.91. The number of aromatic hydroxyl groups is 1. The van der Waals surface area contributed by atoms with E-state index < -0.39 is 0 Å². The number of hydrogen-bond donors (Lipinski definition) is 1. The molecule has 0 radical (unpaired) electrons. The molecule has 0 fully saturated rings. The van der Waals surface area contributed by atoms with Gasteiger partial charge in [0.2, 0.25) is 0 Å². The minimum absolute atomic E-state index is 0.0642. The van der Waals surface area contributed by atoms with Crippen molar-refractivity contribution in [2.45, 2.75) is 33.1 Å². The molecule has 1 N–H and O–H groups in total. The van der Waals surface area contributed by atoms with Gasteiger partial charge >= 0.3 is 0 Å². The maximum atomic E-state index is 10.5. The molecule has 1 aromatic carbocycles. The summed E-state index contributed by atoms with van der Waals surface area (Å²) < 4.78 is 0.902. The highest BCUT2D eigenvalue weighted by Crippen LogP contribution is 2.37. The number of aryl methyl sites for hydroxylation is 1. The van der Waals surface area contributed by atoms with E-state index in [1.54, 1.807) is 0 Å². The lowest BCUT2D eigenvalue weighted by Gasteiger charge is -2.16. The minimum Gasteiger partial charge on any atom is -0.507 e. The molecule has 0 aliphatic carbocycles. The van der Waals surface area contributed by atoms with Crippen molar-refractivity contribution >= 4 is 22.2 Å². The van der Waals surface area contributed by atoms with E-state index in [1.165, 1.54) is 0 Å². The van der Waals surface area contributed by atoms with Gasteiger partial charge in [-0.2, -0.15) is 0 Å². The Bertz CT molecular complexity index is 386. The average molecular weight is 271 g/mol. The van der Waals surface area contributed by atoms with Gasteiger partial charge in [-0.15, -0.1) is 0 Å². The third kappa shape index (κ3) is 2.40. The van der Waals surface area contributed by atoms with E-state index in [1.807, 2.05) is 26.8 Å². The molecule has 1 rings (SSSR count). The Morgan fingerprint density at radius 3 is 2.67 bits per heavy atom. The summed E-state index contributed by atoms with van der Waals surface area (Å²) in [4.78, 5) is 10.5. The second-order valence-corrected chi connectivity index (χ2v) is 4.72. The van der Waals surface area contributed by atoms with Crippen LogP contribution in [0.2, 0.25) is 0 Å². The van der Waals surface area contributed by atoms with Crippen LogP contribution < -0.4 is 0 Å². The Morgan fingerprint density at radius 2 is 2.13 bits per heavy atom. The fourth-order valence-electron chi connectivity index (χ4n) is 1.76. The van der Waals surface area contributed by atoms with Crippen LogP contribution in [-0.2, 0) is 4.79 Å². The third-order valence-electron chi connectivity index (χ3n) is 2.68. The van der Waals surface area contributed by atoms with Crippen LogP contribution in [0.25, 0.3) is 0 Å². The van der Waals surface area contributed by atoms with Gasteiger partial charge in [-0.05, 0) is 31.4 Å². The quantitative estimate of drug-likeness (QED) is 0.855. The van der Waals surface area contributed by atoms with Crippen molar-refractivity contribution in [3.8, 4) is 5.75 Å². The summed E-state index contributed by atoms with van der Waals surface area (Å²) in [7, 11) is 0. The molecule has 0 saturated heterocycles. The van der Waals surface area contributed by atoms with Crippen LogP contribution in [0.5, 0.6) is 5.75 Å². The Hall–Kier alpha value is -0.830. The van der Waals surface area contributed by atoms with Crippen LogP contribution >= 0.6 is 15.9 Å². The van der Waals surface area contributed by atoms with E-state index in [0.29, 0.717) is 12.2 Å². The van der Waals surface area contributed by atoms with Crippen LogP contribution in [-0.4, -0.2) is 11.4 Å². The molecule has 1 aromatic rings. The highest BCUT2D eigenvalue weighted by molar-refractivity contribution is 9.10. The summed E-state index contributed by atoms with van der Waals surface area (Å²) in [6.07, 6.45) is 1.33. The number of halogens is 1. The average Bonchev–Trinajstić information content (AvgIpc) is 2.15. The van der Waals surface area contributed by atoms with Crippen LogP contribution in [0.4, 0.5) is 0 Å². The molecular weight excluding hydrogens is 256 g/mol. The van der Waals surface area contributed by atoms with Crippen LogP contribution in [0.3, 0.4) is 0 Å². The monoisotopic (exact) mass is 270 g/mol. The summed E-state index contributed by atoms with van der Waals surface area (Å²) in [6.45, 7) is 5.75. The van der Waals surface area contributed by atoms with Crippen molar-refractivity contribution in [3.05, 3.63) is 27.2 Å². The molecule has 0 bridgehead atoms. The lowest BCUT2D eigenvalue weighted by molar-refractivity contribution is -0.108. The summed E-state index contributed by atoms with van der Waals surface area (Å²) >= 11 is 3.39. The van der Waals surface area contributed by atoms with Gasteiger partial charge in [0, 0.05) is 22.0 Å². The van der Waals surface area contributed by atoms with Crippen molar-refractivity contribution in [1.29, 1.82) is 0 Å². The fourth-order valence-corrected chi connectivity index (χ4v) is 2.29. The van der Waals surface area contributed by atoms with Crippen molar-refractivity contribution in [2.75, 3.05) is 0 Å². The normalized spacial score (nSPS) is 12.5. The molecule has 1 atom stereocenters. The van der Waals surface area contributed by atoms with Gasteiger partial charge in [-0.3, -0.25) is 0 Å². The molecule has 0 aromatic heterocycles. The Labute approximate surface area is 98.4 Å². The van der Waals surface area contributed by atoms with E-state index >= 15 is 0 Å². The summed E-state index contributed by atoms with van der Waals surface area (Å²) in [5.41, 5.74) is 2.72. The van der Waals surface area contributed by atoms with Gasteiger partial charge in [0.05, 0.1) is 0 Å². The molecule has 0 saturated carbocycles. The number of carbonyl (C=O) groups excluding carboxylic acids is 1. The van der Waals surface area contributed by atoms with Crippen LogP contribution in [0.15, 0.2) is 10.5 Å². The number of phenols is 1. The third-order valence-corrected chi connectivity index (χ3v) is 3.50. The molecule has 0 heterocycles. The van der Waals surface area contributed by atoms with Crippen molar-refractivity contribution in [1.82, 2.24) is 0 Å². The number of benzene rings is 1. The first-order chi connectivity index (χ1) is 6.99. The first kappa shape index (κ1) is 12.2. The number of carbonyl (C=O) groups is 1. The number of hydrogen-bond acceptors (Lipinski definition) is 2. The summed E-state index contributed by atoms with van der Waals surface area (Å²) in [5.74, 6) is 0.366. The molecule has 15 heavy (non-hydrogen) atoms.